The topological polar surface area (TPSA) is 50.8 Å². The Morgan fingerprint density at radius 2 is 2.39 bits per heavy atom. The van der Waals surface area contributed by atoms with Gasteiger partial charge in [-0.25, -0.2) is 4.98 Å². The smallest absolute Gasteiger partial charge is 0.135 e. The van der Waals surface area contributed by atoms with Crippen molar-refractivity contribution in [3.8, 4) is 0 Å². The van der Waals surface area contributed by atoms with E-state index in [4.69, 9.17) is 17.0 Å². The quantitative estimate of drug-likeness (QED) is 0.840. The van der Waals surface area contributed by atoms with Gasteiger partial charge in [0, 0.05) is 36.5 Å². The van der Waals surface area contributed by atoms with E-state index in [9.17, 15) is 0 Å². The molecule has 0 spiro atoms. The van der Waals surface area contributed by atoms with Crippen LogP contribution in [0.5, 0.6) is 0 Å². The number of ether oxygens (including phenoxy) is 1. The molecule has 92 valence electrons. The minimum atomic E-state index is 0.574. The molecule has 0 amide bonds. The van der Waals surface area contributed by atoms with Crippen LogP contribution in [0.25, 0.3) is 0 Å². The molecule has 0 saturated heterocycles. The Morgan fingerprint density at radius 1 is 1.44 bits per heavy atom. The van der Waals surface area contributed by atoms with Gasteiger partial charge < -0.3 is 9.72 Å². The monoisotopic (exact) mass is 259 g/mol. The number of nitrogens with zero attached hydrogens (tertiary/aromatic N) is 2. The first kappa shape index (κ1) is 11.5. The average molecular weight is 259 g/mol. The van der Waals surface area contributed by atoms with Gasteiger partial charge >= 0.3 is 0 Å². The molecule has 2 aromatic rings. The maximum atomic E-state index is 5.40. The number of nitrogens with one attached hydrogen (secondary N) is 1. The van der Waals surface area contributed by atoms with Crippen molar-refractivity contribution in [3.63, 3.8) is 0 Å². The molecule has 0 aliphatic carbocycles. The molecule has 5 heteroatoms. The number of fused-ring (bicyclic) bond motifs is 1. The first-order valence-electron chi connectivity index (χ1n) is 5.90. The highest BCUT2D eigenvalue weighted by molar-refractivity contribution is 7.71. The Labute approximate surface area is 110 Å². The molecule has 1 aliphatic rings. The second-order valence-electron chi connectivity index (χ2n) is 4.29. The van der Waals surface area contributed by atoms with Gasteiger partial charge in [0.15, 0.2) is 0 Å². The molecule has 18 heavy (non-hydrogen) atoms. The Hall–Kier alpha value is -1.59. The lowest BCUT2D eigenvalue weighted by molar-refractivity contribution is 0.108. The fourth-order valence-corrected chi connectivity index (χ4v) is 2.38. The highest BCUT2D eigenvalue weighted by atomic mass is 32.1. The van der Waals surface area contributed by atoms with Crippen LogP contribution in [0.3, 0.4) is 0 Å². The molecule has 3 rings (SSSR count). The van der Waals surface area contributed by atoms with Crippen LogP contribution in [0, 0.1) is 4.64 Å². The first-order valence-corrected chi connectivity index (χ1v) is 6.31. The number of hydrogen-bond donors (Lipinski definition) is 1. The summed E-state index contributed by atoms with van der Waals surface area (Å²) < 4.78 is 6.05. The van der Waals surface area contributed by atoms with E-state index in [1.165, 1.54) is 5.69 Å². The van der Waals surface area contributed by atoms with Gasteiger partial charge in [0.25, 0.3) is 0 Å². The van der Waals surface area contributed by atoms with Crippen molar-refractivity contribution in [2.75, 3.05) is 6.61 Å². The molecule has 0 radical (unpaired) electrons. The second kappa shape index (κ2) is 4.96. The maximum Gasteiger partial charge on any atom is 0.135 e. The summed E-state index contributed by atoms with van der Waals surface area (Å²) >= 11 is 5.32. The molecular formula is C13H13N3OS. The van der Waals surface area contributed by atoms with Crippen LogP contribution in [-0.2, 0) is 24.2 Å². The molecule has 2 aromatic heterocycles. The third-order valence-electron chi connectivity index (χ3n) is 2.99. The summed E-state index contributed by atoms with van der Waals surface area (Å²) in [5.41, 5.74) is 3.33. The fraction of sp³-hybridized carbons (Fsp3) is 0.308. The standard InChI is InChI=1S/C13H13N3OS/c18-13-10-8-17-5-3-11(10)15-12(16-13)6-9-2-1-4-14-7-9/h1-2,4,7H,3,5-6,8H2,(H,15,16,18). The van der Waals surface area contributed by atoms with Crippen molar-refractivity contribution >= 4 is 12.2 Å². The molecule has 0 aromatic carbocycles. The van der Waals surface area contributed by atoms with E-state index < -0.39 is 0 Å². The number of aromatic nitrogens is 3. The summed E-state index contributed by atoms with van der Waals surface area (Å²) in [5, 5.41) is 0. The lowest BCUT2D eigenvalue weighted by atomic mass is 10.1. The Morgan fingerprint density at radius 3 is 3.22 bits per heavy atom. The van der Waals surface area contributed by atoms with Gasteiger partial charge in [-0.2, -0.15) is 0 Å². The SMILES string of the molecule is S=c1nc(Cc2cccnc2)[nH]c2c1COCC2. The van der Waals surface area contributed by atoms with Gasteiger partial charge in [0.1, 0.15) is 10.5 Å². The normalized spacial score (nSPS) is 14.2. The summed E-state index contributed by atoms with van der Waals surface area (Å²) in [5.74, 6) is 0.897. The van der Waals surface area contributed by atoms with Gasteiger partial charge in [0.05, 0.1) is 13.2 Å². The summed E-state index contributed by atoms with van der Waals surface area (Å²) in [6, 6.07) is 3.96. The van der Waals surface area contributed by atoms with Crippen LogP contribution < -0.4 is 0 Å². The third-order valence-corrected chi connectivity index (χ3v) is 3.33. The Bertz CT molecular complexity index is 609. The largest absolute Gasteiger partial charge is 0.376 e. The second-order valence-corrected chi connectivity index (χ2v) is 4.67. The third kappa shape index (κ3) is 2.32. The maximum absolute atomic E-state index is 5.40. The van der Waals surface area contributed by atoms with Crippen LogP contribution in [0.1, 0.15) is 22.6 Å². The predicted octanol–water partition coefficient (Wildman–Crippen LogP) is 2.20. The molecule has 0 unspecified atom stereocenters. The number of pyridine rings is 1. The van der Waals surface area contributed by atoms with Crippen LogP contribution in [0.15, 0.2) is 24.5 Å². The molecule has 0 saturated carbocycles. The van der Waals surface area contributed by atoms with Crippen molar-refractivity contribution in [2.24, 2.45) is 0 Å². The zero-order valence-electron chi connectivity index (χ0n) is 9.85. The van der Waals surface area contributed by atoms with Crippen LogP contribution in [-0.4, -0.2) is 21.6 Å². The summed E-state index contributed by atoms with van der Waals surface area (Å²) in [6.07, 6.45) is 5.22. The van der Waals surface area contributed by atoms with Crippen LogP contribution in [0.2, 0.25) is 0 Å². The van der Waals surface area contributed by atoms with E-state index in [1.54, 1.807) is 6.20 Å². The molecule has 1 N–H and O–H groups in total. The fourth-order valence-electron chi connectivity index (χ4n) is 2.09. The van der Waals surface area contributed by atoms with E-state index in [0.717, 1.165) is 36.4 Å². The number of aromatic amines is 1. The van der Waals surface area contributed by atoms with E-state index in [0.29, 0.717) is 11.2 Å². The molecule has 0 fully saturated rings. The van der Waals surface area contributed by atoms with Gasteiger partial charge in [-0.3, -0.25) is 4.98 Å². The van der Waals surface area contributed by atoms with Crippen molar-refractivity contribution in [1.29, 1.82) is 0 Å². The minimum Gasteiger partial charge on any atom is -0.376 e. The van der Waals surface area contributed by atoms with Crippen LogP contribution >= 0.6 is 12.2 Å². The molecule has 0 atom stereocenters. The molecule has 0 bridgehead atoms. The zero-order valence-corrected chi connectivity index (χ0v) is 10.7. The van der Waals surface area contributed by atoms with Gasteiger partial charge in [-0.1, -0.05) is 18.3 Å². The van der Waals surface area contributed by atoms with Gasteiger partial charge in [-0.05, 0) is 11.6 Å². The Balaban J connectivity index is 1.94. The van der Waals surface area contributed by atoms with E-state index in [1.807, 2.05) is 18.3 Å². The predicted molar refractivity (Wildman–Crippen MR) is 69.8 cm³/mol. The van der Waals surface area contributed by atoms with Crippen molar-refractivity contribution < 1.29 is 4.74 Å². The van der Waals surface area contributed by atoms with Crippen molar-refractivity contribution in [2.45, 2.75) is 19.4 Å². The number of H-pyrrole nitrogens is 1. The summed E-state index contributed by atoms with van der Waals surface area (Å²) in [4.78, 5) is 11.9. The minimum absolute atomic E-state index is 0.574. The van der Waals surface area contributed by atoms with Gasteiger partial charge in [0.2, 0.25) is 0 Å². The van der Waals surface area contributed by atoms with E-state index >= 15 is 0 Å². The van der Waals surface area contributed by atoms with Crippen molar-refractivity contribution in [3.05, 3.63) is 51.8 Å². The number of rotatable bonds is 2. The summed E-state index contributed by atoms with van der Waals surface area (Å²) in [6.45, 7) is 1.32. The van der Waals surface area contributed by atoms with Crippen molar-refractivity contribution in [1.82, 2.24) is 15.0 Å². The van der Waals surface area contributed by atoms with E-state index in [2.05, 4.69) is 15.0 Å². The van der Waals surface area contributed by atoms with Gasteiger partial charge in [-0.15, -0.1) is 0 Å². The molecule has 1 aliphatic heterocycles. The first-order chi connectivity index (χ1) is 8.83. The average Bonchev–Trinajstić information content (AvgIpc) is 2.40. The zero-order chi connectivity index (χ0) is 12.4. The van der Waals surface area contributed by atoms with E-state index in [-0.39, 0.29) is 0 Å². The highest BCUT2D eigenvalue weighted by Gasteiger charge is 2.13. The lowest BCUT2D eigenvalue weighted by Crippen LogP contribution is -2.15. The number of hydrogen-bond acceptors (Lipinski definition) is 4. The summed E-state index contributed by atoms with van der Waals surface area (Å²) in [7, 11) is 0. The molecular weight excluding hydrogens is 246 g/mol. The van der Waals surface area contributed by atoms with Crippen LogP contribution in [0.4, 0.5) is 0 Å². The molecule has 4 nitrogen and oxygen atoms in total. The lowest BCUT2D eigenvalue weighted by Gasteiger charge is -2.17. The Kier molecular flexibility index (Phi) is 3.17. The highest BCUT2D eigenvalue weighted by Crippen LogP contribution is 2.16. The molecule has 3 heterocycles.